The third-order valence-corrected chi connectivity index (χ3v) is 4.75. The lowest BCUT2D eigenvalue weighted by molar-refractivity contribution is 0.169. The van der Waals surface area contributed by atoms with Crippen LogP contribution in [0.2, 0.25) is 0 Å². The van der Waals surface area contributed by atoms with Gasteiger partial charge in [-0.05, 0) is 32.3 Å². The van der Waals surface area contributed by atoms with Crippen molar-refractivity contribution in [2.75, 3.05) is 13.2 Å². The van der Waals surface area contributed by atoms with Crippen molar-refractivity contribution in [3.8, 4) is 11.5 Å². The molecule has 1 aromatic heterocycles. The number of nitrogens with zero attached hydrogens (tertiary/aromatic N) is 2. The van der Waals surface area contributed by atoms with E-state index in [9.17, 15) is 0 Å². The Morgan fingerprint density at radius 1 is 1.30 bits per heavy atom. The van der Waals surface area contributed by atoms with E-state index in [1.165, 1.54) is 17.7 Å². The monoisotopic (exact) mass is 313 g/mol. The molecule has 0 spiro atoms. The van der Waals surface area contributed by atoms with E-state index in [0.29, 0.717) is 19.3 Å². The van der Waals surface area contributed by atoms with Crippen molar-refractivity contribution in [1.29, 1.82) is 0 Å². The Bertz CT molecular complexity index is 696. The van der Waals surface area contributed by atoms with Gasteiger partial charge in [0, 0.05) is 36.0 Å². The highest BCUT2D eigenvalue weighted by molar-refractivity contribution is 5.47. The van der Waals surface area contributed by atoms with E-state index in [2.05, 4.69) is 28.1 Å². The zero-order valence-electron chi connectivity index (χ0n) is 13.5. The van der Waals surface area contributed by atoms with Gasteiger partial charge < -0.3 is 14.8 Å². The molecule has 1 aliphatic carbocycles. The SMILES string of the molecule is CCn1ncc2c1CCC[C@@H]2NCc1cccc2c1OCCO2. The van der Waals surface area contributed by atoms with E-state index >= 15 is 0 Å². The molecule has 1 atom stereocenters. The third kappa shape index (κ3) is 2.70. The van der Waals surface area contributed by atoms with E-state index in [1.807, 2.05) is 18.3 Å². The summed E-state index contributed by atoms with van der Waals surface area (Å²) >= 11 is 0. The van der Waals surface area contributed by atoms with Gasteiger partial charge in [0.15, 0.2) is 11.5 Å². The van der Waals surface area contributed by atoms with Crippen LogP contribution in [-0.4, -0.2) is 23.0 Å². The molecule has 2 aromatic rings. The second kappa shape index (κ2) is 6.24. The van der Waals surface area contributed by atoms with Gasteiger partial charge in [0.25, 0.3) is 0 Å². The molecule has 5 heteroatoms. The van der Waals surface area contributed by atoms with Gasteiger partial charge in [0.2, 0.25) is 0 Å². The van der Waals surface area contributed by atoms with Crippen LogP contribution in [0.25, 0.3) is 0 Å². The molecule has 122 valence electrons. The van der Waals surface area contributed by atoms with Crippen LogP contribution in [0.15, 0.2) is 24.4 Å². The number of rotatable bonds is 4. The van der Waals surface area contributed by atoms with Crippen molar-refractivity contribution in [2.45, 2.75) is 45.3 Å². The Balaban J connectivity index is 1.52. The van der Waals surface area contributed by atoms with Crippen molar-refractivity contribution in [3.05, 3.63) is 41.2 Å². The number of aromatic nitrogens is 2. The van der Waals surface area contributed by atoms with Crippen LogP contribution in [-0.2, 0) is 19.5 Å². The number of hydrogen-bond donors (Lipinski definition) is 1. The average Bonchev–Trinajstić information content (AvgIpc) is 3.03. The van der Waals surface area contributed by atoms with Gasteiger partial charge in [0.05, 0.1) is 6.20 Å². The lowest BCUT2D eigenvalue weighted by atomic mass is 9.92. The van der Waals surface area contributed by atoms with E-state index < -0.39 is 0 Å². The molecule has 0 saturated heterocycles. The number of aryl methyl sites for hydroxylation is 1. The molecule has 0 radical (unpaired) electrons. The number of nitrogens with one attached hydrogen (secondary N) is 1. The molecular formula is C18H23N3O2. The predicted octanol–water partition coefficient (Wildman–Crippen LogP) is 2.84. The summed E-state index contributed by atoms with van der Waals surface area (Å²) in [7, 11) is 0. The quantitative estimate of drug-likeness (QED) is 0.943. The largest absolute Gasteiger partial charge is 0.486 e. The number of fused-ring (bicyclic) bond motifs is 2. The minimum absolute atomic E-state index is 0.374. The maximum Gasteiger partial charge on any atom is 0.165 e. The molecule has 5 nitrogen and oxygen atoms in total. The summed E-state index contributed by atoms with van der Waals surface area (Å²) < 4.78 is 13.6. The first-order chi connectivity index (χ1) is 11.4. The van der Waals surface area contributed by atoms with Gasteiger partial charge in [-0.3, -0.25) is 4.68 Å². The minimum atomic E-state index is 0.374. The molecular weight excluding hydrogens is 290 g/mol. The fourth-order valence-corrected chi connectivity index (χ4v) is 3.61. The van der Waals surface area contributed by atoms with Gasteiger partial charge in [-0.1, -0.05) is 12.1 Å². The molecule has 0 bridgehead atoms. The molecule has 23 heavy (non-hydrogen) atoms. The van der Waals surface area contributed by atoms with E-state index in [4.69, 9.17) is 9.47 Å². The maximum atomic E-state index is 5.80. The summed E-state index contributed by atoms with van der Waals surface area (Å²) in [6.45, 7) is 5.14. The predicted molar refractivity (Wildman–Crippen MR) is 87.9 cm³/mol. The molecule has 0 unspecified atom stereocenters. The zero-order valence-corrected chi connectivity index (χ0v) is 13.5. The summed E-state index contributed by atoms with van der Waals surface area (Å²) in [5.41, 5.74) is 3.92. The highest BCUT2D eigenvalue weighted by Crippen LogP contribution is 2.35. The van der Waals surface area contributed by atoms with Gasteiger partial charge >= 0.3 is 0 Å². The maximum absolute atomic E-state index is 5.80. The summed E-state index contributed by atoms with van der Waals surface area (Å²) in [4.78, 5) is 0. The molecule has 2 heterocycles. The molecule has 0 amide bonds. The first-order valence-electron chi connectivity index (χ1n) is 8.52. The fraction of sp³-hybridized carbons (Fsp3) is 0.500. The summed E-state index contributed by atoms with van der Waals surface area (Å²) in [6.07, 6.45) is 5.55. The van der Waals surface area contributed by atoms with Crippen molar-refractivity contribution in [2.24, 2.45) is 0 Å². The lowest BCUT2D eigenvalue weighted by Gasteiger charge is -2.26. The molecule has 1 N–H and O–H groups in total. The highest BCUT2D eigenvalue weighted by atomic mass is 16.6. The Labute approximate surface area is 136 Å². The minimum Gasteiger partial charge on any atom is -0.486 e. The number of ether oxygens (including phenoxy) is 2. The van der Waals surface area contributed by atoms with Crippen molar-refractivity contribution in [1.82, 2.24) is 15.1 Å². The Morgan fingerprint density at radius 3 is 3.13 bits per heavy atom. The van der Waals surface area contributed by atoms with Crippen LogP contribution in [0.5, 0.6) is 11.5 Å². The highest BCUT2D eigenvalue weighted by Gasteiger charge is 2.24. The molecule has 4 rings (SSSR count). The Morgan fingerprint density at radius 2 is 2.22 bits per heavy atom. The molecule has 0 saturated carbocycles. The van der Waals surface area contributed by atoms with Gasteiger partial charge in [-0.15, -0.1) is 0 Å². The van der Waals surface area contributed by atoms with Crippen LogP contribution in [0, 0.1) is 0 Å². The average molecular weight is 313 g/mol. The number of benzene rings is 1. The first-order valence-corrected chi connectivity index (χ1v) is 8.52. The molecule has 1 aliphatic heterocycles. The zero-order chi connectivity index (χ0) is 15.6. The lowest BCUT2D eigenvalue weighted by Crippen LogP contribution is -2.26. The van der Waals surface area contributed by atoms with E-state index in [-0.39, 0.29) is 0 Å². The second-order valence-electron chi connectivity index (χ2n) is 6.13. The number of para-hydroxylation sites is 1. The number of hydrogen-bond acceptors (Lipinski definition) is 4. The molecule has 0 fully saturated rings. The molecule has 1 aromatic carbocycles. The second-order valence-corrected chi connectivity index (χ2v) is 6.13. The summed E-state index contributed by atoms with van der Waals surface area (Å²) in [5.74, 6) is 1.75. The van der Waals surface area contributed by atoms with Gasteiger partial charge in [0.1, 0.15) is 13.2 Å². The molecule has 2 aliphatic rings. The summed E-state index contributed by atoms with van der Waals surface area (Å²) in [6, 6.07) is 6.49. The van der Waals surface area contributed by atoms with Gasteiger partial charge in [-0.25, -0.2) is 0 Å². The first kappa shape index (κ1) is 14.6. The van der Waals surface area contributed by atoms with Crippen molar-refractivity contribution in [3.63, 3.8) is 0 Å². The standard InChI is InChI=1S/C18H23N3O2/c1-2-21-16-7-4-6-15(14(16)12-20-21)19-11-13-5-3-8-17-18(13)23-10-9-22-17/h3,5,8,12,15,19H,2,4,6-7,9-11H2,1H3/t15-/m0/s1. The topological polar surface area (TPSA) is 48.3 Å². The van der Waals surface area contributed by atoms with E-state index in [0.717, 1.165) is 43.0 Å². The van der Waals surface area contributed by atoms with Crippen LogP contribution in [0.1, 0.15) is 42.6 Å². The Hall–Kier alpha value is -2.01. The normalized spacial score (nSPS) is 19.4. The fourth-order valence-electron chi connectivity index (χ4n) is 3.61. The van der Waals surface area contributed by atoms with Crippen molar-refractivity contribution >= 4 is 0 Å². The smallest absolute Gasteiger partial charge is 0.165 e. The Kier molecular flexibility index (Phi) is 3.95. The van der Waals surface area contributed by atoms with Crippen LogP contribution < -0.4 is 14.8 Å². The van der Waals surface area contributed by atoms with Crippen LogP contribution in [0.3, 0.4) is 0 Å². The van der Waals surface area contributed by atoms with E-state index in [1.54, 1.807) is 0 Å². The van der Waals surface area contributed by atoms with Gasteiger partial charge in [-0.2, -0.15) is 5.10 Å². The summed E-state index contributed by atoms with van der Waals surface area (Å²) in [5, 5.41) is 8.22. The van der Waals surface area contributed by atoms with Crippen LogP contribution >= 0.6 is 0 Å². The van der Waals surface area contributed by atoms with Crippen LogP contribution in [0.4, 0.5) is 0 Å². The third-order valence-electron chi connectivity index (χ3n) is 4.75. The van der Waals surface area contributed by atoms with Crippen molar-refractivity contribution < 1.29 is 9.47 Å².